The lowest BCUT2D eigenvalue weighted by Crippen LogP contribution is -2.43. The zero-order chi connectivity index (χ0) is 49.7. The second-order valence-corrected chi connectivity index (χ2v) is 23.9. The van der Waals surface area contributed by atoms with Crippen molar-refractivity contribution in [1.29, 1.82) is 0 Å². The predicted molar refractivity (Wildman–Crippen MR) is 293 cm³/mol. The summed E-state index contributed by atoms with van der Waals surface area (Å²) in [6.07, 6.45) is 0. The fraction of sp³-hybridized carbons (Fsp3) is 0.0476. The van der Waals surface area contributed by atoms with E-state index >= 15 is 0 Å². The third-order valence-electron chi connectivity index (χ3n) is 12.4. The van der Waals surface area contributed by atoms with E-state index in [4.69, 9.17) is 6.85 Å². The molecule has 0 N–H and O–H groups in total. The summed E-state index contributed by atoms with van der Waals surface area (Å²) >= 11 is 1.81. The van der Waals surface area contributed by atoms with E-state index in [1.165, 1.54) is 25.4 Å². The van der Waals surface area contributed by atoms with Gasteiger partial charge < -0.3 is 9.80 Å². The van der Waals surface area contributed by atoms with Gasteiger partial charge in [0.05, 0.1) is 14.9 Å². The van der Waals surface area contributed by atoms with Crippen LogP contribution in [0.25, 0.3) is 64.7 Å². The van der Waals surface area contributed by atoms with Crippen molar-refractivity contribution in [2.24, 2.45) is 0 Å². The van der Waals surface area contributed by atoms with Crippen molar-refractivity contribution >= 4 is 78.9 Å². The highest BCUT2D eigenvalue weighted by atomic mass is 32.1. The predicted octanol–water partition coefficient (Wildman–Crippen LogP) is 18.2. The Labute approximate surface area is 406 Å². The molecule has 1 heterocycles. The Balaban J connectivity index is 1.21. The molecule has 0 aliphatic carbocycles. The summed E-state index contributed by atoms with van der Waals surface area (Å²) in [5.74, 6) is 0. The maximum absolute atomic E-state index is 8.84. The van der Waals surface area contributed by atoms with Crippen molar-refractivity contribution < 1.29 is 6.85 Å². The van der Waals surface area contributed by atoms with E-state index in [0.29, 0.717) is 5.56 Å². The van der Waals surface area contributed by atoms with Crippen molar-refractivity contribution in [3.8, 4) is 44.5 Å². The van der Waals surface area contributed by atoms with E-state index in [-0.39, 0.29) is 29.7 Å². The first-order valence-electron chi connectivity index (χ1n) is 25.2. The molecule has 0 unspecified atom stereocenters. The van der Waals surface area contributed by atoms with Gasteiger partial charge in [-0.15, -0.1) is 11.3 Å². The molecule has 11 rings (SSSR count). The zero-order valence-corrected chi connectivity index (χ0v) is 39.4. The van der Waals surface area contributed by atoms with Gasteiger partial charge in [-0.25, -0.2) is 0 Å². The summed E-state index contributed by atoms with van der Waals surface area (Å²) in [5.41, 5.74) is 13.3. The summed E-state index contributed by atoms with van der Waals surface area (Å²) in [6.45, 7) is 7.25. The molecule has 0 fully saturated rings. The van der Waals surface area contributed by atoms with Crippen LogP contribution < -0.4 is 15.0 Å². The number of thiophene rings is 1. The Hall–Kier alpha value is -7.76. The zero-order valence-electron chi connectivity index (χ0n) is 42.6. The monoisotopic (exact) mass is 899 g/mol. The quantitative estimate of drug-likeness (QED) is 0.119. The summed E-state index contributed by atoms with van der Waals surface area (Å²) in [7, 11) is -2.40. The largest absolute Gasteiger partial charge is 0.311 e. The molecule has 10 aromatic carbocycles. The van der Waals surface area contributed by atoms with Crippen LogP contribution in [-0.2, 0) is 0 Å². The number of anilines is 6. The van der Waals surface area contributed by atoms with Crippen molar-refractivity contribution in [2.45, 2.75) is 19.6 Å². The summed E-state index contributed by atoms with van der Waals surface area (Å²) < 4.78 is 45.4. The molecular weight excluding hydrogens is 845 g/mol. The van der Waals surface area contributed by atoms with E-state index < -0.39 is 14.1 Å². The molecule has 4 heteroatoms. The van der Waals surface area contributed by atoms with Gasteiger partial charge in [-0.3, -0.25) is 0 Å². The Morgan fingerprint density at radius 2 is 0.791 bits per heavy atom. The second kappa shape index (κ2) is 17.9. The SMILES string of the molecule is [2H]c1c([2H])c([2H])c(-c2ccc(N(c3ccc(-c4ccccc4)cc3)c3cc(-c4ccc5c(c4)sc4ccccc45)cc(N(c4ccccc4)c4cccc(-c5ccccc5)c4)c3[Si](C)(C)C)cc2)c([2H])c1[2H]. The highest BCUT2D eigenvalue weighted by Gasteiger charge is 2.32. The molecule has 0 saturated carbocycles. The minimum Gasteiger partial charge on any atom is -0.311 e. The Morgan fingerprint density at radius 3 is 1.42 bits per heavy atom. The number of hydrogen-bond acceptors (Lipinski definition) is 3. The van der Waals surface area contributed by atoms with Crippen LogP contribution in [0.15, 0.2) is 249 Å². The van der Waals surface area contributed by atoms with E-state index in [9.17, 15) is 0 Å². The molecule has 0 bridgehead atoms. The highest BCUT2D eigenvalue weighted by Crippen LogP contribution is 2.46. The molecule has 0 saturated heterocycles. The molecule has 0 atom stereocenters. The normalized spacial score (nSPS) is 12.6. The average molecular weight is 900 g/mol. The van der Waals surface area contributed by atoms with Gasteiger partial charge in [0.15, 0.2) is 0 Å². The molecule has 67 heavy (non-hydrogen) atoms. The maximum atomic E-state index is 8.84. The molecule has 0 amide bonds. The first-order valence-corrected chi connectivity index (χ1v) is 27.0. The first-order chi connectivity index (χ1) is 34.9. The minimum absolute atomic E-state index is 0.172. The van der Waals surface area contributed by atoms with Gasteiger partial charge in [-0.1, -0.05) is 195 Å². The van der Waals surface area contributed by atoms with Gasteiger partial charge in [0.1, 0.15) is 0 Å². The summed E-state index contributed by atoms with van der Waals surface area (Å²) in [6, 6.07) is 75.7. The van der Waals surface area contributed by atoms with E-state index in [1.807, 2.05) is 41.7 Å². The Kier molecular flexibility index (Phi) is 9.74. The molecule has 2 nitrogen and oxygen atoms in total. The minimum atomic E-state index is -2.40. The van der Waals surface area contributed by atoms with Crippen LogP contribution in [0.2, 0.25) is 19.6 Å². The third kappa shape index (κ3) is 8.38. The van der Waals surface area contributed by atoms with Crippen molar-refractivity contribution in [2.75, 3.05) is 9.80 Å². The summed E-state index contributed by atoms with van der Waals surface area (Å²) in [5, 5.41) is 3.73. The number of nitrogens with zero attached hydrogens (tertiary/aromatic N) is 2. The van der Waals surface area contributed by atoms with Crippen LogP contribution in [0.3, 0.4) is 0 Å². The molecule has 0 radical (unpaired) electrons. The molecule has 0 aliphatic heterocycles. The number of hydrogen-bond donors (Lipinski definition) is 0. The molecule has 11 aromatic rings. The standard InChI is InChI=1S/C63H50N2SSi/c1-67(2,3)63-59(64(54-36-31-48(32-37-54)45-19-8-4-9-20-45)55-38-33-49(34-39-55)46-21-10-5-11-22-46)42-52(51-35-40-58-57-29-16-17-30-61(57)66-62(58)44-51)43-60(63)65(53-26-14-7-15-27-53)56-28-18-25-50(41-56)47-23-12-6-13-24-47/h4-44H,1-3H3/i4D,8D,9D,19D,20D. The number of para-hydroxylation sites is 1. The van der Waals surface area contributed by atoms with Crippen LogP contribution in [-0.4, -0.2) is 8.07 Å². The topological polar surface area (TPSA) is 6.48 Å². The Bertz CT molecular complexity index is 3750. The van der Waals surface area contributed by atoms with E-state index in [1.54, 1.807) is 0 Å². The molecule has 0 spiro atoms. The first kappa shape index (κ1) is 36.5. The van der Waals surface area contributed by atoms with Crippen LogP contribution in [0.5, 0.6) is 0 Å². The van der Waals surface area contributed by atoms with Crippen molar-refractivity contribution in [3.63, 3.8) is 0 Å². The van der Waals surface area contributed by atoms with Gasteiger partial charge >= 0.3 is 0 Å². The molecule has 1 aromatic heterocycles. The number of benzene rings is 10. The smallest absolute Gasteiger partial charge is 0.0831 e. The van der Waals surface area contributed by atoms with Gasteiger partial charge in [0.2, 0.25) is 0 Å². The van der Waals surface area contributed by atoms with Crippen LogP contribution in [0.1, 0.15) is 6.85 Å². The highest BCUT2D eigenvalue weighted by molar-refractivity contribution is 7.25. The van der Waals surface area contributed by atoms with Gasteiger partial charge in [0.25, 0.3) is 0 Å². The third-order valence-corrected chi connectivity index (χ3v) is 15.6. The molecular formula is C63H50N2SSi. The maximum Gasteiger partial charge on any atom is 0.0831 e. The van der Waals surface area contributed by atoms with Crippen LogP contribution >= 0.6 is 11.3 Å². The fourth-order valence-electron chi connectivity index (χ4n) is 9.30. The number of fused-ring (bicyclic) bond motifs is 3. The van der Waals surface area contributed by atoms with Crippen LogP contribution in [0.4, 0.5) is 34.1 Å². The van der Waals surface area contributed by atoms with E-state index in [2.05, 4.69) is 217 Å². The number of rotatable bonds is 11. The molecule has 322 valence electrons. The van der Waals surface area contributed by atoms with Gasteiger partial charge in [-0.2, -0.15) is 0 Å². The molecule has 0 aliphatic rings. The van der Waals surface area contributed by atoms with Gasteiger partial charge in [-0.05, 0) is 122 Å². The lowest BCUT2D eigenvalue weighted by molar-refractivity contribution is 1.26. The van der Waals surface area contributed by atoms with E-state index in [0.717, 1.165) is 67.5 Å². The lowest BCUT2D eigenvalue weighted by atomic mass is 9.99. The van der Waals surface area contributed by atoms with Crippen molar-refractivity contribution in [3.05, 3.63) is 249 Å². The Morgan fingerprint density at radius 1 is 0.343 bits per heavy atom. The lowest BCUT2D eigenvalue weighted by Gasteiger charge is -2.37. The second-order valence-electron chi connectivity index (χ2n) is 17.8. The van der Waals surface area contributed by atoms with Gasteiger partial charge in [0, 0.05) is 54.3 Å². The average Bonchev–Trinajstić information content (AvgIpc) is 3.79. The summed E-state index contributed by atoms with van der Waals surface area (Å²) in [4.78, 5) is 4.78. The van der Waals surface area contributed by atoms with Crippen LogP contribution in [0, 0.1) is 0 Å². The van der Waals surface area contributed by atoms with Crippen molar-refractivity contribution in [1.82, 2.24) is 0 Å². The fourth-order valence-corrected chi connectivity index (χ4v) is 12.3.